The van der Waals surface area contributed by atoms with Crippen LogP contribution in [0.3, 0.4) is 0 Å². The molecule has 1 amide bonds. The molecule has 2 aromatic carbocycles. The second-order valence-electron chi connectivity index (χ2n) is 9.59. The van der Waals surface area contributed by atoms with Gasteiger partial charge in [0.1, 0.15) is 11.4 Å². The van der Waals surface area contributed by atoms with Gasteiger partial charge in [-0.1, -0.05) is 24.3 Å². The van der Waals surface area contributed by atoms with Crippen molar-refractivity contribution < 1.29 is 19.4 Å². The van der Waals surface area contributed by atoms with Crippen molar-refractivity contribution in [2.24, 2.45) is 0 Å². The van der Waals surface area contributed by atoms with E-state index in [2.05, 4.69) is 6.07 Å². The Morgan fingerprint density at radius 3 is 2.41 bits per heavy atom. The molecule has 1 N–H and O–H groups in total. The average Bonchev–Trinajstić information content (AvgIpc) is 2.82. The van der Waals surface area contributed by atoms with E-state index in [1.165, 1.54) is 0 Å². The molecule has 0 unspecified atom stereocenters. The number of rotatable bonds is 3. The van der Waals surface area contributed by atoms with Crippen molar-refractivity contribution in [2.45, 2.75) is 44.8 Å². The number of nitrogens with zero attached hydrogens (tertiary/aromatic N) is 3. The molecule has 1 aliphatic rings. The number of amides is 1. The summed E-state index contributed by atoms with van der Waals surface area (Å²) in [6.45, 7) is 6.25. The summed E-state index contributed by atoms with van der Waals surface area (Å²) in [6, 6.07) is 15.3. The highest BCUT2D eigenvalue weighted by Crippen LogP contribution is 2.42. The van der Waals surface area contributed by atoms with Crippen molar-refractivity contribution in [3.63, 3.8) is 0 Å². The van der Waals surface area contributed by atoms with E-state index >= 15 is 0 Å². The zero-order valence-corrected chi connectivity index (χ0v) is 20.0. The van der Waals surface area contributed by atoms with Crippen molar-refractivity contribution >= 4 is 17.0 Å². The fraction of sp³-hybridized carbons (Fsp3) is 0.370. The standard InChI is InChI=1S/C27H29N3O4/c1-26(2,3)34-25(31)30-14-12-27(32,13-15-30)22-17-29-23-20(6-5-7-21(23)24(22)33-4)19-10-8-18(16-28)9-11-19/h5-11,17,32H,12-15H2,1-4H3. The van der Waals surface area contributed by atoms with Crippen LogP contribution in [0.1, 0.15) is 44.7 Å². The van der Waals surface area contributed by atoms with Crippen LogP contribution in [0.2, 0.25) is 0 Å². The number of benzene rings is 2. The molecule has 2 heterocycles. The van der Waals surface area contributed by atoms with Crippen molar-refractivity contribution in [3.05, 3.63) is 59.8 Å². The molecule has 1 fully saturated rings. The van der Waals surface area contributed by atoms with Crippen molar-refractivity contribution in [1.82, 2.24) is 9.88 Å². The molecular formula is C27H29N3O4. The maximum atomic E-state index is 12.4. The van der Waals surface area contributed by atoms with E-state index in [4.69, 9.17) is 19.7 Å². The normalized spacial score (nSPS) is 15.6. The summed E-state index contributed by atoms with van der Waals surface area (Å²) in [4.78, 5) is 18.8. The molecule has 7 heteroatoms. The first-order valence-electron chi connectivity index (χ1n) is 11.3. The largest absolute Gasteiger partial charge is 0.496 e. The quantitative estimate of drug-likeness (QED) is 0.592. The van der Waals surface area contributed by atoms with Gasteiger partial charge in [0.15, 0.2) is 0 Å². The molecule has 176 valence electrons. The lowest BCUT2D eigenvalue weighted by molar-refractivity contribution is -0.0367. The van der Waals surface area contributed by atoms with Gasteiger partial charge in [0.25, 0.3) is 0 Å². The summed E-state index contributed by atoms with van der Waals surface area (Å²) in [5.41, 5.74) is 2.08. The highest BCUT2D eigenvalue weighted by atomic mass is 16.6. The number of carbonyl (C=O) groups excluding carboxylic acids is 1. The van der Waals surface area contributed by atoms with Gasteiger partial charge in [0.05, 0.1) is 29.9 Å². The minimum Gasteiger partial charge on any atom is -0.496 e. The zero-order chi connectivity index (χ0) is 24.5. The number of aromatic nitrogens is 1. The lowest BCUT2D eigenvalue weighted by Crippen LogP contribution is -2.47. The number of hydrogen-bond acceptors (Lipinski definition) is 6. The highest BCUT2D eigenvalue weighted by Gasteiger charge is 2.39. The smallest absolute Gasteiger partial charge is 0.410 e. The first-order chi connectivity index (χ1) is 16.1. The number of fused-ring (bicyclic) bond motifs is 1. The summed E-state index contributed by atoms with van der Waals surface area (Å²) in [6.07, 6.45) is 2.01. The van der Waals surface area contributed by atoms with Crippen molar-refractivity contribution in [1.29, 1.82) is 5.26 Å². The van der Waals surface area contributed by atoms with Gasteiger partial charge in [-0.25, -0.2) is 4.79 Å². The number of ether oxygens (including phenoxy) is 2. The number of hydrogen-bond donors (Lipinski definition) is 1. The molecule has 0 bridgehead atoms. The van der Waals surface area contributed by atoms with Gasteiger partial charge in [-0.15, -0.1) is 0 Å². The molecule has 0 aliphatic carbocycles. The van der Waals surface area contributed by atoms with Gasteiger partial charge in [-0.05, 0) is 57.4 Å². The average molecular weight is 460 g/mol. The number of aliphatic hydroxyl groups is 1. The summed E-state index contributed by atoms with van der Waals surface area (Å²) in [5.74, 6) is 0.578. The number of carbonyl (C=O) groups is 1. The lowest BCUT2D eigenvalue weighted by Gasteiger charge is -2.39. The minimum atomic E-state index is -1.17. The first-order valence-corrected chi connectivity index (χ1v) is 11.3. The Morgan fingerprint density at radius 2 is 1.82 bits per heavy atom. The Bertz CT molecular complexity index is 1250. The highest BCUT2D eigenvalue weighted by molar-refractivity contribution is 5.97. The number of likely N-dealkylation sites (tertiary alicyclic amines) is 1. The third-order valence-corrected chi connectivity index (χ3v) is 6.12. The number of para-hydroxylation sites is 1. The third-order valence-electron chi connectivity index (χ3n) is 6.12. The van der Waals surface area contributed by atoms with Crippen LogP contribution in [0.5, 0.6) is 5.75 Å². The maximum Gasteiger partial charge on any atom is 0.410 e. The Kier molecular flexibility index (Phi) is 6.20. The monoisotopic (exact) mass is 459 g/mol. The number of piperidine rings is 1. The van der Waals surface area contributed by atoms with E-state index in [-0.39, 0.29) is 6.09 Å². The van der Waals surface area contributed by atoms with Crippen LogP contribution in [-0.4, -0.2) is 46.9 Å². The van der Waals surface area contributed by atoms with Gasteiger partial charge in [-0.3, -0.25) is 4.98 Å². The summed E-state index contributed by atoms with van der Waals surface area (Å²) in [7, 11) is 1.59. The van der Waals surface area contributed by atoms with E-state index in [0.717, 1.165) is 22.0 Å². The summed E-state index contributed by atoms with van der Waals surface area (Å²) < 4.78 is 11.3. The van der Waals surface area contributed by atoms with E-state index in [1.807, 2.05) is 51.1 Å². The van der Waals surface area contributed by atoms with Crippen molar-refractivity contribution in [3.8, 4) is 22.9 Å². The third kappa shape index (κ3) is 4.55. The van der Waals surface area contributed by atoms with E-state index in [9.17, 15) is 9.90 Å². The Labute approximate surface area is 199 Å². The fourth-order valence-electron chi connectivity index (χ4n) is 4.36. The van der Waals surface area contributed by atoms with E-state index < -0.39 is 11.2 Å². The van der Waals surface area contributed by atoms with Crippen LogP contribution in [0, 0.1) is 11.3 Å². The van der Waals surface area contributed by atoms with Gasteiger partial charge in [-0.2, -0.15) is 5.26 Å². The van der Waals surface area contributed by atoms with Crippen LogP contribution in [-0.2, 0) is 10.3 Å². The molecule has 0 radical (unpaired) electrons. The topological polar surface area (TPSA) is 95.7 Å². The molecular weight excluding hydrogens is 430 g/mol. The van der Waals surface area contributed by atoms with Crippen LogP contribution >= 0.6 is 0 Å². The van der Waals surface area contributed by atoms with Crippen molar-refractivity contribution in [2.75, 3.05) is 20.2 Å². The predicted molar refractivity (Wildman–Crippen MR) is 129 cm³/mol. The van der Waals surface area contributed by atoms with Gasteiger partial charge in [0.2, 0.25) is 0 Å². The summed E-state index contributed by atoms with van der Waals surface area (Å²) in [5, 5.41) is 21.4. The number of methoxy groups -OCH3 is 1. The SMILES string of the molecule is COc1c(C2(O)CCN(C(=O)OC(C)(C)C)CC2)cnc2c(-c3ccc(C#N)cc3)cccc12. The van der Waals surface area contributed by atoms with E-state index in [1.54, 1.807) is 30.3 Å². The maximum absolute atomic E-state index is 12.4. The molecule has 3 aromatic rings. The molecule has 0 saturated carbocycles. The first kappa shape index (κ1) is 23.5. The van der Waals surface area contributed by atoms with Crippen LogP contribution in [0.4, 0.5) is 4.79 Å². The molecule has 7 nitrogen and oxygen atoms in total. The molecule has 1 aliphatic heterocycles. The molecule has 34 heavy (non-hydrogen) atoms. The fourth-order valence-corrected chi connectivity index (χ4v) is 4.36. The minimum absolute atomic E-state index is 0.352. The van der Waals surface area contributed by atoms with Crippen LogP contribution in [0.15, 0.2) is 48.7 Å². The lowest BCUT2D eigenvalue weighted by atomic mass is 9.84. The Morgan fingerprint density at radius 1 is 1.15 bits per heavy atom. The molecule has 1 saturated heterocycles. The van der Waals surface area contributed by atoms with Gasteiger partial charge in [0, 0.05) is 35.8 Å². The second kappa shape index (κ2) is 8.96. The second-order valence-corrected chi connectivity index (χ2v) is 9.59. The number of nitriles is 1. The van der Waals surface area contributed by atoms with E-state index in [0.29, 0.717) is 42.8 Å². The summed E-state index contributed by atoms with van der Waals surface area (Å²) >= 11 is 0. The van der Waals surface area contributed by atoms with Gasteiger partial charge < -0.3 is 19.5 Å². The number of pyridine rings is 1. The molecule has 0 atom stereocenters. The molecule has 0 spiro atoms. The van der Waals surface area contributed by atoms with Crippen LogP contribution in [0.25, 0.3) is 22.0 Å². The predicted octanol–water partition coefficient (Wildman–Crippen LogP) is 5.00. The van der Waals surface area contributed by atoms with Gasteiger partial charge >= 0.3 is 6.09 Å². The Balaban J connectivity index is 1.66. The zero-order valence-electron chi connectivity index (χ0n) is 20.0. The Hall–Kier alpha value is -3.63. The van der Waals surface area contributed by atoms with Crippen LogP contribution < -0.4 is 4.74 Å². The molecule has 4 rings (SSSR count). The molecule has 1 aromatic heterocycles.